The van der Waals surface area contributed by atoms with E-state index in [-0.39, 0.29) is 18.4 Å². The number of carbonyl (C=O) groups excluding carboxylic acids is 1. The van der Waals surface area contributed by atoms with Gasteiger partial charge in [-0.2, -0.15) is 0 Å². The highest BCUT2D eigenvalue weighted by Crippen LogP contribution is 2.13. The van der Waals surface area contributed by atoms with Crippen LogP contribution in [0.2, 0.25) is 0 Å². The Morgan fingerprint density at radius 2 is 2.04 bits per heavy atom. The molecule has 2 aromatic heterocycles. The normalized spacial score (nSPS) is 12.0. The largest absolute Gasteiger partial charge is 0.481 e. The number of hydrogen-bond acceptors (Lipinski definition) is 5. The van der Waals surface area contributed by atoms with Gasteiger partial charge in [-0.25, -0.2) is 4.98 Å². The molecule has 7 nitrogen and oxygen atoms in total. The Balaban J connectivity index is 1.81. The molecular formula is C19H19N3O4S. The number of carboxylic acid groups (broad SMARTS) is 1. The lowest BCUT2D eigenvalue weighted by Crippen LogP contribution is -2.39. The molecule has 3 rings (SSSR count). The van der Waals surface area contributed by atoms with Crippen molar-refractivity contribution in [2.24, 2.45) is 0 Å². The van der Waals surface area contributed by atoms with Crippen molar-refractivity contribution in [1.82, 2.24) is 14.7 Å². The number of nitrogens with one attached hydrogen (secondary N) is 1. The molecule has 27 heavy (non-hydrogen) atoms. The van der Waals surface area contributed by atoms with Gasteiger partial charge in [0.2, 0.25) is 0 Å². The van der Waals surface area contributed by atoms with E-state index in [1.54, 1.807) is 6.20 Å². The summed E-state index contributed by atoms with van der Waals surface area (Å²) in [6, 6.07) is 9.08. The Morgan fingerprint density at radius 1 is 1.30 bits per heavy atom. The molecule has 0 aliphatic rings. The van der Waals surface area contributed by atoms with Gasteiger partial charge < -0.3 is 10.4 Å². The quantitative estimate of drug-likeness (QED) is 0.650. The van der Waals surface area contributed by atoms with Gasteiger partial charge in [-0.3, -0.25) is 18.8 Å². The van der Waals surface area contributed by atoms with Gasteiger partial charge in [0.15, 0.2) is 4.96 Å². The highest BCUT2D eigenvalue weighted by atomic mass is 32.1. The third-order valence-electron chi connectivity index (χ3n) is 4.13. The number of aliphatic carboxylic acids is 1. The van der Waals surface area contributed by atoms with E-state index in [9.17, 15) is 14.4 Å². The van der Waals surface area contributed by atoms with Gasteiger partial charge >= 0.3 is 5.97 Å². The molecular weight excluding hydrogens is 366 g/mol. The second kappa shape index (κ2) is 8.13. The topological polar surface area (TPSA) is 101 Å². The first kappa shape index (κ1) is 18.8. The van der Waals surface area contributed by atoms with Crippen molar-refractivity contribution in [3.8, 4) is 0 Å². The van der Waals surface area contributed by atoms with Crippen LogP contribution >= 0.6 is 11.3 Å². The minimum Gasteiger partial charge on any atom is -0.481 e. The van der Waals surface area contributed by atoms with Crippen LogP contribution < -0.4 is 10.9 Å². The van der Waals surface area contributed by atoms with Crippen LogP contribution in [0.25, 0.3) is 4.96 Å². The molecule has 0 saturated heterocycles. The van der Waals surface area contributed by atoms with Crippen LogP contribution in [0, 0.1) is 6.92 Å². The second-order valence-electron chi connectivity index (χ2n) is 6.26. The van der Waals surface area contributed by atoms with Crippen molar-refractivity contribution >= 4 is 28.2 Å². The molecule has 8 heteroatoms. The van der Waals surface area contributed by atoms with Crippen LogP contribution in [0.1, 0.15) is 33.6 Å². The molecule has 3 aromatic rings. The molecule has 0 aliphatic carbocycles. The third-order valence-corrected chi connectivity index (χ3v) is 5.05. The first-order valence-corrected chi connectivity index (χ1v) is 9.30. The maximum atomic E-state index is 12.7. The molecule has 0 radical (unpaired) electrons. The molecule has 2 N–H and O–H groups in total. The lowest BCUT2D eigenvalue weighted by atomic mass is 10.0. The Labute approximate surface area is 159 Å². The Kier molecular flexibility index (Phi) is 5.66. The number of carbonyl (C=O) groups is 2. The Morgan fingerprint density at radius 3 is 2.74 bits per heavy atom. The van der Waals surface area contributed by atoms with E-state index in [0.29, 0.717) is 11.4 Å². The Hall–Kier alpha value is -3.00. The van der Waals surface area contributed by atoms with E-state index in [0.717, 1.165) is 10.4 Å². The minimum atomic E-state index is -0.931. The maximum absolute atomic E-state index is 12.7. The molecule has 1 amide bonds. The van der Waals surface area contributed by atoms with Gasteiger partial charge in [0.05, 0.1) is 0 Å². The van der Waals surface area contributed by atoms with Crippen molar-refractivity contribution in [3.63, 3.8) is 0 Å². The molecule has 1 aromatic carbocycles. The highest BCUT2D eigenvalue weighted by Gasteiger charge is 2.19. The lowest BCUT2D eigenvalue weighted by molar-refractivity contribution is -0.137. The molecule has 2 heterocycles. The summed E-state index contributed by atoms with van der Waals surface area (Å²) in [5.74, 6) is -1.48. The zero-order chi connectivity index (χ0) is 19.4. The predicted octanol–water partition coefficient (Wildman–Crippen LogP) is 2.27. The number of benzene rings is 1. The van der Waals surface area contributed by atoms with Gasteiger partial charge in [0.25, 0.3) is 11.5 Å². The summed E-state index contributed by atoms with van der Waals surface area (Å²) in [7, 11) is 0. The van der Waals surface area contributed by atoms with Crippen molar-refractivity contribution in [1.29, 1.82) is 0 Å². The standard InChI is InChI=1S/C19H19N3O4S/c1-12-11-22-18(26)15(10-20-19(22)27-12)17(25)21-14(7-8-16(23)24)9-13-5-3-2-4-6-13/h2-6,10-11,14H,7-9H2,1H3,(H,21,25)(H,23,24). The maximum Gasteiger partial charge on any atom is 0.303 e. The van der Waals surface area contributed by atoms with Gasteiger partial charge in [-0.1, -0.05) is 30.3 Å². The summed E-state index contributed by atoms with van der Waals surface area (Å²) in [6.07, 6.45) is 3.61. The average Bonchev–Trinajstić information content (AvgIpc) is 3.02. The zero-order valence-electron chi connectivity index (χ0n) is 14.7. The first-order valence-electron chi connectivity index (χ1n) is 8.48. The fourth-order valence-corrected chi connectivity index (χ4v) is 3.62. The molecule has 1 atom stereocenters. The van der Waals surface area contributed by atoms with Crippen LogP contribution in [0.3, 0.4) is 0 Å². The lowest BCUT2D eigenvalue weighted by Gasteiger charge is -2.18. The fraction of sp³-hybridized carbons (Fsp3) is 0.263. The van der Waals surface area contributed by atoms with E-state index in [2.05, 4.69) is 10.3 Å². The molecule has 0 saturated carbocycles. The molecule has 0 spiro atoms. The number of hydrogen-bond donors (Lipinski definition) is 2. The van der Waals surface area contributed by atoms with Crippen molar-refractivity contribution in [2.45, 2.75) is 32.2 Å². The van der Waals surface area contributed by atoms with E-state index in [1.807, 2.05) is 37.3 Å². The van der Waals surface area contributed by atoms with Crippen LogP contribution in [-0.2, 0) is 11.2 Å². The van der Waals surface area contributed by atoms with Crippen LogP contribution in [0.5, 0.6) is 0 Å². The van der Waals surface area contributed by atoms with Crippen molar-refractivity contribution in [2.75, 3.05) is 0 Å². The van der Waals surface area contributed by atoms with Gasteiger partial charge in [0.1, 0.15) is 5.56 Å². The first-order chi connectivity index (χ1) is 12.9. The average molecular weight is 385 g/mol. The van der Waals surface area contributed by atoms with E-state index in [1.165, 1.54) is 21.9 Å². The minimum absolute atomic E-state index is 0.0568. The number of rotatable bonds is 7. The summed E-state index contributed by atoms with van der Waals surface area (Å²) in [4.78, 5) is 41.8. The van der Waals surface area contributed by atoms with Crippen molar-refractivity contribution < 1.29 is 14.7 Å². The van der Waals surface area contributed by atoms with Gasteiger partial charge in [-0.15, -0.1) is 11.3 Å². The zero-order valence-corrected chi connectivity index (χ0v) is 15.5. The number of fused-ring (bicyclic) bond motifs is 1. The number of aromatic nitrogens is 2. The number of amides is 1. The second-order valence-corrected chi connectivity index (χ2v) is 7.48. The number of thiazole rings is 1. The SMILES string of the molecule is Cc1cn2c(=O)c(C(=O)NC(CCC(=O)O)Cc3ccccc3)cnc2s1. The predicted molar refractivity (Wildman–Crippen MR) is 102 cm³/mol. The van der Waals surface area contributed by atoms with Crippen LogP contribution in [0.15, 0.2) is 47.5 Å². The monoisotopic (exact) mass is 385 g/mol. The van der Waals surface area contributed by atoms with Gasteiger partial charge in [-0.05, 0) is 25.3 Å². The molecule has 1 unspecified atom stereocenters. The van der Waals surface area contributed by atoms with E-state index < -0.39 is 23.5 Å². The number of aryl methyl sites for hydroxylation is 1. The smallest absolute Gasteiger partial charge is 0.303 e. The van der Waals surface area contributed by atoms with Crippen LogP contribution in [-0.4, -0.2) is 32.4 Å². The summed E-state index contributed by atoms with van der Waals surface area (Å²) in [5.41, 5.74) is 0.490. The van der Waals surface area contributed by atoms with Crippen LogP contribution in [0.4, 0.5) is 0 Å². The summed E-state index contributed by atoms with van der Waals surface area (Å²) in [6.45, 7) is 1.86. The summed E-state index contributed by atoms with van der Waals surface area (Å²) in [5, 5.41) is 11.8. The Bertz CT molecular complexity index is 1030. The third kappa shape index (κ3) is 4.59. The number of nitrogens with zero attached hydrogens (tertiary/aromatic N) is 2. The summed E-state index contributed by atoms with van der Waals surface area (Å²) < 4.78 is 1.36. The molecule has 0 fully saturated rings. The number of carboxylic acids is 1. The van der Waals surface area contributed by atoms with E-state index in [4.69, 9.17) is 5.11 Å². The fourth-order valence-electron chi connectivity index (χ4n) is 2.84. The molecule has 0 bridgehead atoms. The molecule has 140 valence electrons. The molecule has 0 aliphatic heterocycles. The summed E-state index contributed by atoms with van der Waals surface area (Å²) >= 11 is 1.37. The van der Waals surface area contributed by atoms with Crippen molar-refractivity contribution in [3.05, 3.63) is 69.1 Å². The van der Waals surface area contributed by atoms with Gasteiger partial charge in [0, 0.05) is 29.7 Å². The van der Waals surface area contributed by atoms with E-state index >= 15 is 0 Å². The highest BCUT2D eigenvalue weighted by molar-refractivity contribution is 7.16.